The third kappa shape index (κ3) is 3.78. The third-order valence-electron chi connectivity index (χ3n) is 3.69. The van der Waals surface area contributed by atoms with Gasteiger partial charge in [0.25, 0.3) is 5.69 Å². The molecule has 0 aromatic heterocycles. The summed E-state index contributed by atoms with van der Waals surface area (Å²) < 4.78 is 39.0. The van der Waals surface area contributed by atoms with Gasteiger partial charge in [-0.2, -0.15) is 13.2 Å². The molecule has 0 saturated heterocycles. The third-order valence-corrected chi connectivity index (χ3v) is 4.00. The van der Waals surface area contributed by atoms with E-state index in [9.17, 15) is 23.3 Å². The number of benzene rings is 1. The first-order valence-corrected chi connectivity index (χ1v) is 6.94. The largest absolute Gasteiger partial charge is 0.393 e. The average molecular weight is 323 g/mol. The van der Waals surface area contributed by atoms with Gasteiger partial charge in [-0.3, -0.25) is 10.1 Å². The zero-order chi connectivity index (χ0) is 15.6. The van der Waals surface area contributed by atoms with Crippen LogP contribution in [0.3, 0.4) is 0 Å². The second-order valence-electron chi connectivity index (χ2n) is 5.10. The maximum absolute atomic E-state index is 13.0. The van der Waals surface area contributed by atoms with Crippen molar-refractivity contribution in [2.24, 2.45) is 5.92 Å². The van der Waals surface area contributed by atoms with Crippen LogP contribution in [0.5, 0.6) is 0 Å². The molecule has 0 aliphatic heterocycles. The van der Waals surface area contributed by atoms with E-state index in [1.165, 1.54) is 12.1 Å². The minimum Gasteiger partial charge on any atom is -0.380 e. The molecule has 21 heavy (non-hydrogen) atoms. The minimum absolute atomic E-state index is 0.0516. The summed E-state index contributed by atoms with van der Waals surface area (Å²) in [4.78, 5) is 10.0. The minimum atomic E-state index is -4.26. The lowest BCUT2D eigenvalue weighted by molar-refractivity contribution is -0.384. The van der Waals surface area contributed by atoms with Crippen LogP contribution in [0.1, 0.15) is 25.7 Å². The first kappa shape index (κ1) is 15.9. The summed E-state index contributed by atoms with van der Waals surface area (Å²) in [5.74, 6) is -1.42. The Kier molecular flexibility index (Phi) is 4.61. The lowest BCUT2D eigenvalue weighted by Gasteiger charge is -2.34. The van der Waals surface area contributed by atoms with Crippen LogP contribution < -0.4 is 5.32 Å². The molecule has 0 radical (unpaired) electrons. The number of nitro benzene ring substituents is 1. The maximum Gasteiger partial charge on any atom is 0.393 e. The molecule has 2 atom stereocenters. The first-order valence-electron chi connectivity index (χ1n) is 6.56. The van der Waals surface area contributed by atoms with Crippen LogP contribution in [0.2, 0.25) is 5.02 Å². The van der Waals surface area contributed by atoms with Crippen LogP contribution in [0.25, 0.3) is 0 Å². The van der Waals surface area contributed by atoms with Gasteiger partial charge in [-0.1, -0.05) is 24.4 Å². The molecule has 0 heterocycles. The smallest absolute Gasteiger partial charge is 0.380 e. The van der Waals surface area contributed by atoms with E-state index >= 15 is 0 Å². The summed E-state index contributed by atoms with van der Waals surface area (Å²) >= 11 is 5.91. The molecule has 0 spiro atoms. The quantitative estimate of drug-likeness (QED) is 0.643. The molecule has 4 nitrogen and oxygen atoms in total. The Morgan fingerprint density at radius 1 is 1.29 bits per heavy atom. The Bertz CT molecular complexity index is 537. The Hall–Kier alpha value is -1.50. The van der Waals surface area contributed by atoms with Crippen molar-refractivity contribution in [1.82, 2.24) is 0 Å². The molecule has 2 unspecified atom stereocenters. The van der Waals surface area contributed by atoms with Crippen molar-refractivity contribution in [1.29, 1.82) is 0 Å². The fraction of sp³-hybridized carbons (Fsp3) is 0.538. The summed E-state index contributed by atoms with van der Waals surface area (Å²) in [6, 6.07) is 2.95. The number of nitrogens with zero attached hydrogens (tertiary/aromatic N) is 1. The zero-order valence-electron chi connectivity index (χ0n) is 11.0. The van der Waals surface area contributed by atoms with Gasteiger partial charge in [0.2, 0.25) is 0 Å². The van der Waals surface area contributed by atoms with E-state index in [-0.39, 0.29) is 17.1 Å². The second kappa shape index (κ2) is 6.09. The van der Waals surface area contributed by atoms with Crippen molar-refractivity contribution >= 4 is 23.0 Å². The molecule has 1 fully saturated rings. The Labute approximate surface area is 124 Å². The Morgan fingerprint density at radius 3 is 2.52 bits per heavy atom. The van der Waals surface area contributed by atoms with Crippen LogP contribution in [-0.4, -0.2) is 17.1 Å². The SMILES string of the molecule is O=[N+]([O-])c1ccc(NC2CCCCC2C(F)(F)F)c(Cl)c1. The Morgan fingerprint density at radius 2 is 1.95 bits per heavy atom. The highest BCUT2D eigenvalue weighted by atomic mass is 35.5. The topological polar surface area (TPSA) is 55.2 Å². The van der Waals surface area contributed by atoms with Crippen molar-refractivity contribution in [2.45, 2.75) is 37.9 Å². The molecular formula is C13H14ClF3N2O2. The molecule has 1 N–H and O–H groups in total. The number of alkyl halides is 3. The summed E-state index contributed by atoms with van der Waals surface area (Å²) in [5.41, 5.74) is 0.102. The molecule has 116 valence electrons. The second-order valence-corrected chi connectivity index (χ2v) is 5.51. The Balaban J connectivity index is 2.18. The lowest BCUT2D eigenvalue weighted by Crippen LogP contribution is -2.41. The van der Waals surface area contributed by atoms with Gasteiger partial charge >= 0.3 is 6.18 Å². The molecule has 1 aromatic carbocycles. The van der Waals surface area contributed by atoms with E-state index in [0.717, 1.165) is 12.5 Å². The van der Waals surface area contributed by atoms with Gasteiger partial charge in [-0.25, -0.2) is 0 Å². The van der Waals surface area contributed by atoms with Gasteiger partial charge in [0.05, 0.1) is 21.6 Å². The predicted octanol–water partition coefficient (Wildman–Crippen LogP) is 4.78. The average Bonchev–Trinajstić information content (AvgIpc) is 2.40. The summed E-state index contributed by atoms with van der Waals surface area (Å²) in [6.07, 6.45) is -2.50. The fourth-order valence-electron chi connectivity index (χ4n) is 2.63. The number of non-ortho nitro benzene ring substituents is 1. The summed E-state index contributed by atoms with van der Waals surface area (Å²) in [6.45, 7) is 0. The van der Waals surface area contributed by atoms with Crippen molar-refractivity contribution < 1.29 is 18.1 Å². The number of hydrogen-bond donors (Lipinski definition) is 1. The number of nitrogens with one attached hydrogen (secondary N) is 1. The molecule has 0 bridgehead atoms. The van der Waals surface area contributed by atoms with Gasteiger partial charge in [0, 0.05) is 18.2 Å². The van der Waals surface area contributed by atoms with Crippen molar-refractivity contribution in [3.63, 3.8) is 0 Å². The molecule has 1 aliphatic rings. The number of nitro groups is 1. The number of rotatable bonds is 3. The van der Waals surface area contributed by atoms with Gasteiger partial charge < -0.3 is 5.32 Å². The molecular weight excluding hydrogens is 309 g/mol. The molecule has 1 saturated carbocycles. The number of anilines is 1. The molecule has 8 heteroatoms. The summed E-state index contributed by atoms with van der Waals surface area (Å²) in [5, 5.41) is 13.5. The van der Waals surface area contributed by atoms with E-state index in [1.54, 1.807) is 0 Å². The monoisotopic (exact) mass is 322 g/mol. The molecule has 0 amide bonds. The number of hydrogen-bond acceptors (Lipinski definition) is 3. The van der Waals surface area contributed by atoms with Crippen molar-refractivity contribution in [2.75, 3.05) is 5.32 Å². The molecule has 1 aliphatic carbocycles. The highest BCUT2D eigenvalue weighted by molar-refractivity contribution is 6.33. The zero-order valence-corrected chi connectivity index (χ0v) is 11.7. The standard InChI is InChI=1S/C13H14ClF3N2O2/c14-10-7-8(19(20)21)5-6-12(10)18-11-4-2-1-3-9(11)13(15,16)17/h5-7,9,11,18H,1-4H2. The first-order chi connectivity index (χ1) is 9.79. The van der Waals surface area contributed by atoms with E-state index in [2.05, 4.69) is 5.32 Å². The van der Waals surface area contributed by atoms with Crippen molar-refractivity contribution in [3.8, 4) is 0 Å². The van der Waals surface area contributed by atoms with Crippen LogP contribution in [0, 0.1) is 16.0 Å². The maximum atomic E-state index is 13.0. The number of halogens is 4. The molecule has 1 aromatic rings. The van der Waals surface area contributed by atoms with Crippen LogP contribution in [0.4, 0.5) is 24.5 Å². The summed E-state index contributed by atoms with van der Waals surface area (Å²) in [7, 11) is 0. The van der Waals surface area contributed by atoms with E-state index < -0.39 is 23.1 Å². The van der Waals surface area contributed by atoms with Crippen LogP contribution in [-0.2, 0) is 0 Å². The van der Waals surface area contributed by atoms with E-state index in [1.807, 2.05) is 0 Å². The van der Waals surface area contributed by atoms with E-state index in [4.69, 9.17) is 11.6 Å². The fourth-order valence-corrected chi connectivity index (χ4v) is 2.86. The van der Waals surface area contributed by atoms with Gasteiger partial charge in [-0.05, 0) is 18.9 Å². The lowest BCUT2D eigenvalue weighted by atomic mass is 9.84. The highest BCUT2D eigenvalue weighted by Crippen LogP contribution is 2.40. The normalized spacial score (nSPS) is 22.9. The predicted molar refractivity (Wildman–Crippen MR) is 73.5 cm³/mol. The molecule has 2 rings (SSSR count). The highest BCUT2D eigenvalue weighted by Gasteiger charge is 2.45. The van der Waals surface area contributed by atoms with Gasteiger partial charge in [-0.15, -0.1) is 0 Å². The van der Waals surface area contributed by atoms with Crippen LogP contribution in [0.15, 0.2) is 18.2 Å². The van der Waals surface area contributed by atoms with Gasteiger partial charge in [0.1, 0.15) is 0 Å². The van der Waals surface area contributed by atoms with Gasteiger partial charge in [0.15, 0.2) is 0 Å². The van der Waals surface area contributed by atoms with Crippen LogP contribution >= 0.6 is 11.6 Å². The van der Waals surface area contributed by atoms with Crippen molar-refractivity contribution in [3.05, 3.63) is 33.3 Å². The van der Waals surface area contributed by atoms with E-state index in [0.29, 0.717) is 18.5 Å².